The molecule has 1 unspecified atom stereocenters. The molecule has 23 heavy (non-hydrogen) atoms. The Kier molecular flexibility index (Phi) is 4.78. The van der Waals surface area contributed by atoms with Gasteiger partial charge < -0.3 is 14.8 Å². The lowest BCUT2D eigenvalue weighted by atomic mass is 10.0. The average Bonchev–Trinajstić information content (AvgIpc) is 3.17. The molecule has 5 nitrogen and oxygen atoms in total. The van der Waals surface area contributed by atoms with Gasteiger partial charge in [-0.2, -0.15) is 0 Å². The number of amides is 1. The molecule has 1 saturated carbocycles. The van der Waals surface area contributed by atoms with Crippen molar-refractivity contribution in [1.29, 1.82) is 0 Å². The molecule has 1 aliphatic rings. The highest BCUT2D eigenvalue weighted by Crippen LogP contribution is 2.49. The molecular weight excluding hydrogens is 292 g/mol. The van der Waals surface area contributed by atoms with Crippen molar-refractivity contribution in [2.75, 3.05) is 17.7 Å². The van der Waals surface area contributed by atoms with Gasteiger partial charge in [-0.05, 0) is 58.1 Å². The van der Waals surface area contributed by atoms with Crippen LogP contribution in [0.15, 0.2) is 18.2 Å². The molecule has 5 heteroatoms. The van der Waals surface area contributed by atoms with Crippen molar-refractivity contribution < 1.29 is 14.3 Å². The topological polar surface area (TPSA) is 59.6 Å². The maximum absolute atomic E-state index is 11.9. The van der Waals surface area contributed by atoms with Gasteiger partial charge in [0.2, 0.25) is 0 Å². The molecule has 2 N–H and O–H groups in total. The summed E-state index contributed by atoms with van der Waals surface area (Å²) in [6, 6.07) is 6.07. The third-order valence-electron chi connectivity index (χ3n) is 4.30. The summed E-state index contributed by atoms with van der Waals surface area (Å²) in [4.78, 5) is 11.9. The summed E-state index contributed by atoms with van der Waals surface area (Å²) in [6.45, 7) is 9.98. The molecule has 0 saturated heterocycles. The van der Waals surface area contributed by atoms with Crippen LogP contribution in [0.2, 0.25) is 0 Å². The van der Waals surface area contributed by atoms with Crippen molar-refractivity contribution in [3.63, 3.8) is 0 Å². The number of methoxy groups -OCH3 is 1. The Hall–Kier alpha value is -1.91. The molecule has 0 spiro atoms. The standard InChI is InChI=1S/C18H28N2O3/c1-12(18(5)9-10-18)19-13-7-8-14(15(11-13)22-6)20-16(21)23-17(2,3)4/h7-8,11-12,19H,9-10H2,1-6H3,(H,20,21). The highest BCUT2D eigenvalue weighted by molar-refractivity contribution is 5.87. The zero-order valence-electron chi connectivity index (χ0n) is 14.9. The fraction of sp³-hybridized carbons (Fsp3) is 0.611. The number of hydrogen-bond acceptors (Lipinski definition) is 4. The normalized spacial score (nSPS) is 17.1. The summed E-state index contributed by atoms with van der Waals surface area (Å²) in [6.07, 6.45) is 2.03. The Morgan fingerprint density at radius 2 is 1.96 bits per heavy atom. The summed E-state index contributed by atoms with van der Waals surface area (Å²) in [5, 5.41) is 6.24. The van der Waals surface area contributed by atoms with E-state index in [0.717, 1.165) is 5.69 Å². The molecule has 1 aliphatic carbocycles. The maximum Gasteiger partial charge on any atom is 0.412 e. The van der Waals surface area contributed by atoms with E-state index in [-0.39, 0.29) is 0 Å². The smallest absolute Gasteiger partial charge is 0.412 e. The molecule has 1 atom stereocenters. The Labute approximate surface area is 138 Å². The second-order valence-corrected chi connectivity index (χ2v) is 7.56. The molecule has 0 heterocycles. The molecule has 0 radical (unpaired) electrons. The van der Waals surface area contributed by atoms with Gasteiger partial charge in [0.15, 0.2) is 0 Å². The fourth-order valence-corrected chi connectivity index (χ4v) is 2.35. The van der Waals surface area contributed by atoms with Crippen LogP contribution in [-0.2, 0) is 4.74 Å². The summed E-state index contributed by atoms with van der Waals surface area (Å²) < 4.78 is 10.7. The first-order valence-corrected chi connectivity index (χ1v) is 8.07. The lowest BCUT2D eigenvalue weighted by molar-refractivity contribution is 0.0635. The molecular formula is C18H28N2O3. The van der Waals surface area contributed by atoms with Crippen LogP contribution in [0.4, 0.5) is 16.2 Å². The van der Waals surface area contributed by atoms with Crippen LogP contribution in [0, 0.1) is 5.41 Å². The number of ether oxygens (including phenoxy) is 2. The minimum absolute atomic E-state index is 0.390. The van der Waals surface area contributed by atoms with Gasteiger partial charge in [-0.25, -0.2) is 4.79 Å². The van der Waals surface area contributed by atoms with E-state index in [1.54, 1.807) is 7.11 Å². The van der Waals surface area contributed by atoms with E-state index in [4.69, 9.17) is 9.47 Å². The third-order valence-corrected chi connectivity index (χ3v) is 4.30. The number of carbonyl (C=O) groups excluding carboxylic acids is 1. The van der Waals surface area contributed by atoms with Gasteiger partial charge in [0, 0.05) is 17.8 Å². The van der Waals surface area contributed by atoms with Crippen molar-refractivity contribution in [1.82, 2.24) is 0 Å². The van der Waals surface area contributed by atoms with E-state index in [1.807, 2.05) is 39.0 Å². The Morgan fingerprint density at radius 3 is 2.48 bits per heavy atom. The van der Waals surface area contributed by atoms with E-state index >= 15 is 0 Å². The predicted octanol–water partition coefficient (Wildman–Crippen LogP) is 4.64. The van der Waals surface area contributed by atoms with Crippen molar-refractivity contribution in [3.05, 3.63) is 18.2 Å². The summed E-state index contributed by atoms with van der Waals surface area (Å²) in [7, 11) is 1.59. The molecule has 2 rings (SSSR count). The Bertz CT molecular complexity index is 574. The molecule has 1 fully saturated rings. The lowest BCUT2D eigenvalue weighted by Gasteiger charge is -2.23. The molecule has 0 aliphatic heterocycles. The quantitative estimate of drug-likeness (QED) is 0.829. The number of hydrogen-bond donors (Lipinski definition) is 2. The van der Waals surface area contributed by atoms with Crippen molar-refractivity contribution >= 4 is 17.5 Å². The van der Waals surface area contributed by atoms with E-state index in [2.05, 4.69) is 24.5 Å². The van der Waals surface area contributed by atoms with Crippen LogP contribution in [0.1, 0.15) is 47.5 Å². The summed E-state index contributed by atoms with van der Waals surface area (Å²) in [5.41, 5.74) is 1.43. The van der Waals surface area contributed by atoms with Crippen molar-refractivity contribution in [2.45, 2.75) is 59.1 Å². The van der Waals surface area contributed by atoms with Gasteiger partial charge in [-0.1, -0.05) is 6.92 Å². The van der Waals surface area contributed by atoms with Crippen LogP contribution in [0.5, 0.6) is 5.75 Å². The van der Waals surface area contributed by atoms with Crippen LogP contribution < -0.4 is 15.4 Å². The molecule has 0 bridgehead atoms. The SMILES string of the molecule is COc1cc(NC(C)C2(C)CC2)ccc1NC(=O)OC(C)(C)C. The van der Waals surface area contributed by atoms with Crippen molar-refractivity contribution in [2.24, 2.45) is 5.41 Å². The van der Waals surface area contributed by atoms with E-state index in [0.29, 0.717) is 22.9 Å². The number of carbonyl (C=O) groups is 1. The van der Waals surface area contributed by atoms with Gasteiger partial charge >= 0.3 is 6.09 Å². The van der Waals surface area contributed by atoms with Crippen LogP contribution in [0.3, 0.4) is 0 Å². The second-order valence-electron chi connectivity index (χ2n) is 7.56. The average molecular weight is 320 g/mol. The molecule has 128 valence electrons. The zero-order chi connectivity index (χ0) is 17.3. The van der Waals surface area contributed by atoms with Gasteiger partial charge in [0.05, 0.1) is 12.8 Å². The molecule has 1 amide bonds. The third kappa shape index (κ3) is 4.78. The first-order chi connectivity index (χ1) is 10.6. The first-order valence-electron chi connectivity index (χ1n) is 8.07. The summed E-state index contributed by atoms with van der Waals surface area (Å²) >= 11 is 0. The maximum atomic E-state index is 11.9. The fourth-order valence-electron chi connectivity index (χ4n) is 2.35. The van der Waals surface area contributed by atoms with E-state index in [1.165, 1.54) is 12.8 Å². The second kappa shape index (κ2) is 6.30. The largest absolute Gasteiger partial charge is 0.494 e. The monoisotopic (exact) mass is 320 g/mol. The minimum Gasteiger partial charge on any atom is -0.494 e. The minimum atomic E-state index is -0.534. The van der Waals surface area contributed by atoms with E-state index in [9.17, 15) is 4.79 Å². The zero-order valence-corrected chi connectivity index (χ0v) is 14.9. The highest BCUT2D eigenvalue weighted by Gasteiger charge is 2.42. The van der Waals surface area contributed by atoms with Crippen LogP contribution in [0.25, 0.3) is 0 Å². The van der Waals surface area contributed by atoms with E-state index < -0.39 is 11.7 Å². The van der Waals surface area contributed by atoms with Gasteiger partial charge in [0.1, 0.15) is 11.4 Å². The summed E-state index contributed by atoms with van der Waals surface area (Å²) in [5.74, 6) is 0.606. The number of anilines is 2. The van der Waals surface area contributed by atoms with Gasteiger partial charge in [0.25, 0.3) is 0 Å². The first kappa shape index (κ1) is 17.4. The molecule has 1 aromatic rings. The van der Waals surface area contributed by atoms with Crippen LogP contribution in [-0.4, -0.2) is 24.8 Å². The molecule has 0 aromatic heterocycles. The lowest BCUT2D eigenvalue weighted by Crippen LogP contribution is -2.27. The number of rotatable bonds is 5. The van der Waals surface area contributed by atoms with Gasteiger partial charge in [-0.15, -0.1) is 0 Å². The van der Waals surface area contributed by atoms with Gasteiger partial charge in [-0.3, -0.25) is 5.32 Å². The number of nitrogens with one attached hydrogen (secondary N) is 2. The van der Waals surface area contributed by atoms with Crippen LogP contribution >= 0.6 is 0 Å². The Balaban J connectivity index is 2.05. The highest BCUT2D eigenvalue weighted by atomic mass is 16.6. The predicted molar refractivity (Wildman–Crippen MR) is 93.3 cm³/mol. The van der Waals surface area contributed by atoms with Crippen molar-refractivity contribution in [3.8, 4) is 5.75 Å². The molecule has 1 aromatic carbocycles. The Morgan fingerprint density at radius 1 is 1.30 bits per heavy atom. The number of benzene rings is 1.